The lowest BCUT2D eigenvalue weighted by Crippen LogP contribution is -2.27. The van der Waals surface area contributed by atoms with E-state index in [1.54, 1.807) is 20.8 Å². The normalized spacial score (nSPS) is 11.5. The van der Waals surface area contributed by atoms with Crippen molar-refractivity contribution in [2.24, 2.45) is 0 Å². The first-order valence-electron chi connectivity index (χ1n) is 6.50. The summed E-state index contributed by atoms with van der Waals surface area (Å²) in [7, 11) is 0. The number of carboxylic acids is 1. The summed E-state index contributed by atoms with van der Waals surface area (Å²) < 4.78 is 20.1. The molecule has 2 aromatic heterocycles. The molecule has 0 aliphatic heterocycles. The van der Waals surface area contributed by atoms with Crippen LogP contribution in [-0.2, 0) is 4.74 Å². The highest BCUT2D eigenvalue weighted by atomic mass is 19.1. The van der Waals surface area contributed by atoms with Crippen molar-refractivity contribution in [3.63, 3.8) is 0 Å². The van der Waals surface area contributed by atoms with Crippen molar-refractivity contribution in [1.29, 1.82) is 0 Å². The molecule has 0 radical (unpaired) electrons. The lowest BCUT2D eigenvalue weighted by molar-refractivity contribution is 0.0633. The van der Waals surface area contributed by atoms with Gasteiger partial charge in [0.2, 0.25) is 0 Å². The number of anilines is 1. The van der Waals surface area contributed by atoms with E-state index in [1.807, 2.05) is 0 Å². The van der Waals surface area contributed by atoms with Crippen LogP contribution in [0.25, 0.3) is 5.52 Å². The Morgan fingerprint density at radius 3 is 2.59 bits per heavy atom. The second kappa shape index (κ2) is 5.28. The summed E-state index contributed by atoms with van der Waals surface area (Å²) in [5.74, 6) is -1.93. The fourth-order valence-electron chi connectivity index (χ4n) is 1.96. The molecule has 0 bridgehead atoms. The molecular formula is C14H16FN3O4. The predicted octanol–water partition coefficient (Wildman–Crippen LogP) is 2.83. The van der Waals surface area contributed by atoms with E-state index in [0.717, 1.165) is 10.7 Å². The molecule has 1 amide bonds. The number of amides is 1. The number of carboxylic acid groups (broad SMARTS) is 1. The van der Waals surface area contributed by atoms with Crippen LogP contribution in [0.2, 0.25) is 0 Å². The Morgan fingerprint density at radius 2 is 2.05 bits per heavy atom. The molecular weight excluding hydrogens is 293 g/mol. The molecule has 0 saturated carbocycles. The highest BCUT2D eigenvalue weighted by Crippen LogP contribution is 2.22. The van der Waals surface area contributed by atoms with E-state index in [1.165, 1.54) is 13.0 Å². The number of nitrogens with zero attached hydrogens (tertiary/aromatic N) is 2. The van der Waals surface area contributed by atoms with Gasteiger partial charge in [-0.1, -0.05) is 0 Å². The maximum atomic E-state index is 14.0. The predicted molar refractivity (Wildman–Crippen MR) is 76.7 cm³/mol. The third-order valence-corrected chi connectivity index (χ3v) is 2.75. The summed E-state index contributed by atoms with van der Waals surface area (Å²) in [6.07, 6.45) is 0.172. The first-order valence-corrected chi connectivity index (χ1v) is 6.50. The standard InChI is InChI=1S/C14H16FN3O4/c1-7-11(12(19)20)10-5-9(8(15)6-18(10)17-7)16-13(21)22-14(2,3)4/h5-6H,1-4H3,(H,16,21)(H,19,20). The van der Waals surface area contributed by atoms with Gasteiger partial charge in [-0.2, -0.15) is 5.10 Å². The summed E-state index contributed by atoms with van der Waals surface area (Å²) in [6.45, 7) is 6.54. The molecule has 7 nitrogen and oxygen atoms in total. The molecule has 2 N–H and O–H groups in total. The van der Waals surface area contributed by atoms with E-state index in [4.69, 9.17) is 4.74 Å². The molecule has 22 heavy (non-hydrogen) atoms. The maximum Gasteiger partial charge on any atom is 0.412 e. The van der Waals surface area contributed by atoms with E-state index in [-0.39, 0.29) is 22.5 Å². The molecule has 118 valence electrons. The highest BCUT2D eigenvalue weighted by molar-refractivity contribution is 5.98. The van der Waals surface area contributed by atoms with Gasteiger partial charge in [-0.15, -0.1) is 0 Å². The summed E-state index contributed by atoms with van der Waals surface area (Å²) in [5, 5.41) is 15.4. The van der Waals surface area contributed by atoms with Gasteiger partial charge in [0, 0.05) is 0 Å². The maximum absolute atomic E-state index is 14.0. The van der Waals surface area contributed by atoms with Gasteiger partial charge < -0.3 is 9.84 Å². The van der Waals surface area contributed by atoms with Crippen LogP contribution < -0.4 is 5.32 Å². The van der Waals surface area contributed by atoms with Gasteiger partial charge in [-0.3, -0.25) is 5.32 Å². The molecule has 2 rings (SSSR count). The fourth-order valence-corrected chi connectivity index (χ4v) is 1.96. The molecule has 0 atom stereocenters. The van der Waals surface area contributed by atoms with Crippen LogP contribution in [-0.4, -0.2) is 32.4 Å². The van der Waals surface area contributed by atoms with E-state index in [9.17, 15) is 19.1 Å². The van der Waals surface area contributed by atoms with E-state index >= 15 is 0 Å². The Labute approximate surface area is 125 Å². The lowest BCUT2D eigenvalue weighted by atomic mass is 10.2. The fraction of sp³-hybridized carbons (Fsp3) is 0.357. The molecule has 0 aromatic carbocycles. The molecule has 0 aliphatic carbocycles. The number of pyridine rings is 1. The van der Waals surface area contributed by atoms with E-state index in [0.29, 0.717) is 0 Å². The van der Waals surface area contributed by atoms with Crippen molar-refractivity contribution in [1.82, 2.24) is 9.61 Å². The van der Waals surface area contributed by atoms with Gasteiger partial charge in [0.1, 0.15) is 11.2 Å². The van der Waals surface area contributed by atoms with Crippen LogP contribution in [0, 0.1) is 12.7 Å². The van der Waals surface area contributed by atoms with Crippen molar-refractivity contribution < 1.29 is 23.8 Å². The average Bonchev–Trinajstić information content (AvgIpc) is 2.62. The number of carbonyl (C=O) groups excluding carboxylic acids is 1. The number of hydrogen-bond donors (Lipinski definition) is 2. The van der Waals surface area contributed by atoms with E-state index in [2.05, 4.69) is 10.4 Å². The number of hydrogen-bond acceptors (Lipinski definition) is 4. The first kappa shape index (κ1) is 15.7. The molecule has 0 saturated heterocycles. The number of halogens is 1. The molecule has 0 fully saturated rings. The number of ether oxygens (including phenoxy) is 1. The van der Waals surface area contributed by atoms with Gasteiger partial charge >= 0.3 is 12.1 Å². The van der Waals surface area contributed by atoms with Crippen molar-refractivity contribution in [3.8, 4) is 0 Å². The van der Waals surface area contributed by atoms with Crippen LogP contribution in [0.1, 0.15) is 36.8 Å². The van der Waals surface area contributed by atoms with Crippen molar-refractivity contribution >= 4 is 23.3 Å². The van der Waals surface area contributed by atoms with E-state index < -0.39 is 23.5 Å². The topological polar surface area (TPSA) is 92.9 Å². The van der Waals surface area contributed by atoms with Crippen LogP contribution >= 0.6 is 0 Å². The van der Waals surface area contributed by atoms with Gasteiger partial charge in [-0.25, -0.2) is 18.5 Å². The van der Waals surface area contributed by atoms with Gasteiger partial charge in [0.25, 0.3) is 0 Å². The quantitative estimate of drug-likeness (QED) is 0.889. The largest absolute Gasteiger partial charge is 0.478 e. The van der Waals surface area contributed by atoms with Gasteiger partial charge in [0.05, 0.1) is 23.1 Å². The summed E-state index contributed by atoms with van der Waals surface area (Å²) >= 11 is 0. The Morgan fingerprint density at radius 1 is 1.41 bits per heavy atom. The average molecular weight is 309 g/mol. The SMILES string of the molecule is Cc1nn2cc(F)c(NC(=O)OC(C)(C)C)cc2c1C(=O)O. The molecule has 2 heterocycles. The zero-order valence-electron chi connectivity index (χ0n) is 12.6. The highest BCUT2D eigenvalue weighted by Gasteiger charge is 2.21. The zero-order valence-corrected chi connectivity index (χ0v) is 12.6. The smallest absolute Gasteiger partial charge is 0.412 e. The Hall–Kier alpha value is -2.64. The minimum absolute atomic E-state index is 0.0489. The Bertz CT molecular complexity index is 762. The Kier molecular flexibility index (Phi) is 3.78. The first-order chi connectivity index (χ1) is 10.1. The molecule has 0 unspecified atom stereocenters. The second-order valence-corrected chi connectivity index (χ2v) is 5.76. The number of nitrogens with one attached hydrogen (secondary N) is 1. The minimum Gasteiger partial charge on any atom is -0.478 e. The minimum atomic E-state index is -1.18. The van der Waals surface area contributed by atoms with Crippen LogP contribution in [0.5, 0.6) is 0 Å². The van der Waals surface area contributed by atoms with Crippen LogP contribution in [0.4, 0.5) is 14.9 Å². The summed E-state index contributed by atoms with van der Waals surface area (Å²) in [4.78, 5) is 22.9. The van der Waals surface area contributed by atoms with Crippen molar-refractivity contribution in [3.05, 3.63) is 29.3 Å². The van der Waals surface area contributed by atoms with Gasteiger partial charge in [-0.05, 0) is 33.8 Å². The van der Waals surface area contributed by atoms with Crippen molar-refractivity contribution in [2.45, 2.75) is 33.3 Å². The monoisotopic (exact) mass is 309 g/mol. The summed E-state index contributed by atoms with van der Waals surface area (Å²) in [6, 6.07) is 1.21. The third-order valence-electron chi connectivity index (χ3n) is 2.75. The number of carbonyl (C=O) groups is 2. The Balaban J connectivity index is 2.42. The number of aromatic carboxylic acids is 1. The molecule has 8 heteroatoms. The number of fused-ring (bicyclic) bond motifs is 1. The van der Waals surface area contributed by atoms with Crippen LogP contribution in [0.3, 0.4) is 0 Å². The van der Waals surface area contributed by atoms with Crippen molar-refractivity contribution in [2.75, 3.05) is 5.32 Å². The molecule has 0 spiro atoms. The second-order valence-electron chi connectivity index (χ2n) is 5.76. The summed E-state index contributed by atoms with van der Waals surface area (Å²) in [5.41, 5.74) is -0.528. The zero-order chi connectivity index (χ0) is 16.7. The van der Waals surface area contributed by atoms with Gasteiger partial charge in [0.15, 0.2) is 5.82 Å². The molecule has 0 aliphatic rings. The number of rotatable bonds is 2. The lowest BCUT2D eigenvalue weighted by Gasteiger charge is -2.19. The number of aryl methyl sites for hydroxylation is 1. The third kappa shape index (κ3) is 3.16. The molecule has 2 aromatic rings. The van der Waals surface area contributed by atoms with Crippen LogP contribution in [0.15, 0.2) is 12.3 Å². The number of aromatic nitrogens is 2.